The number of carbonyl (C=O) groups excluding carboxylic acids is 1. The number of carbonyl (C=O) groups is 1. The molecule has 0 bridgehead atoms. The maximum absolute atomic E-state index is 11.7. The summed E-state index contributed by atoms with van der Waals surface area (Å²) in [5.41, 5.74) is 6.89. The summed E-state index contributed by atoms with van der Waals surface area (Å²) in [6.45, 7) is 0.990. The minimum absolute atomic E-state index is 0.192. The topological polar surface area (TPSA) is 78.6 Å². The maximum Gasteiger partial charge on any atom is 0.321 e. The van der Waals surface area contributed by atoms with Gasteiger partial charge < -0.3 is 21.1 Å². The van der Waals surface area contributed by atoms with E-state index < -0.39 is 6.10 Å². The normalized spacial score (nSPS) is 19.8. The lowest BCUT2D eigenvalue weighted by atomic mass is 10.3. The molecule has 1 heterocycles. The summed E-state index contributed by atoms with van der Waals surface area (Å²) in [4.78, 5) is 13.3. The van der Waals surface area contributed by atoms with Crippen LogP contribution in [0.2, 0.25) is 0 Å². The number of nitrogen functional groups attached to an aromatic ring is 1. The quantitative estimate of drug-likeness (QED) is 0.616. The Hall–Kier alpha value is -1.75. The lowest BCUT2D eigenvalue weighted by Gasteiger charge is -2.16. The van der Waals surface area contributed by atoms with E-state index in [1.54, 1.807) is 29.2 Å². The maximum atomic E-state index is 11.7. The Bertz CT molecular complexity index is 395. The van der Waals surface area contributed by atoms with Crippen molar-refractivity contribution in [3.05, 3.63) is 24.3 Å². The first-order chi connectivity index (χ1) is 7.65. The molecule has 1 fully saturated rings. The number of aliphatic hydroxyl groups is 1. The summed E-state index contributed by atoms with van der Waals surface area (Å²) < 4.78 is 0. The number of likely N-dealkylation sites (tertiary alicyclic amines) is 1. The number of rotatable bonds is 1. The lowest BCUT2D eigenvalue weighted by Crippen LogP contribution is -2.33. The van der Waals surface area contributed by atoms with Gasteiger partial charge in [-0.3, -0.25) is 0 Å². The van der Waals surface area contributed by atoms with Crippen LogP contribution in [0.5, 0.6) is 0 Å². The highest BCUT2D eigenvalue weighted by atomic mass is 16.3. The molecule has 0 saturated carbocycles. The molecule has 5 nitrogen and oxygen atoms in total. The van der Waals surface area contributed by atoms with Crippen LogP contribution in [0, 0.1) is 0 Å². The van der Waals surface area contributed by atoms with Crippen molar-refractivity contribution in [2.24, 2.45) is 0 Å². The molecule has 0 aromatic heterocycles. The predicted octanol–water partition coefficient (Wildman–Crippen LogP) is 0.867. The summed E-state index contributed by atoms with van der Waals surface area (Å²) in [5, 5.41) is 12.1. The standard InChI is InChI=1S/C11H15N3O2/c12-8-2-1-3-9(6-8)13-11(16)14-5-4-10(15)7-14/h1-3,6,10,15H,4-5,7,12H2,(H,13,16). The van der Waals surface area contributed by atoms with Crippen LogP contribution in [-0.4, -0.2) is 35.2 Å². The smallest absolute Gasteiger partial charge is 0.321 e. The minimum Gasteiger partial charge on any atom is -0.399 e. The van der Waals surface area contributed by atoms with Crippen LogP contribution in [-0.2, 0) is 0 Å². The first-order valence-electron chi connectivity index (χ1n) is 5.24. The average molecular weight is 221 g/mol. The Morgan fingerprint density at radius 2 is 2.38 bits per heavy atom. The molecule has 1 aliphatic rings. The van der Waals surface area contributed by atoms with Crippen LogP contribution in [0.15, 0.2) is 24.3 Å². The third-order valence-corrected chi connectivity index (χ3v) is 2.59. The molecule has 2 amide bonds. The fraction of sp³-hybridized carbons (Fsp3) is 0.364. The van der Waals surface area contributed by atoms with Gasteiger partial charge in [-0.2, -0.15) is 0 Å². The molecule has 16 heavy (non-hydrogen) atoms. The van der Waals surface area contributed by atoms with Crippen molar-refractivity contribution >= 4 is 17.4 Å². The average Bonchev–Trinajstić information content (AvgIpc) is 2.65. The molecule has 1 aromatic rings. The van der Waals surface area contributed by atoms with Gasteiger partial charge in [0.15, 0.2) is 0 Å². The van der Waals surface area contributed by atoms with Crippen LogP contribution in [0.3, 0.4) is 0 Å². The molecule has 1 aromatic carbocycles. The molecule has 2 rings (SSSR count). The molecule has 1 saturated heterocycles. The van der Waals surface area contributed by atoms with Crippen LogP contribution >= 0.6 is 0 Å². The fourth-order valence-corrected chi connectivity index (χ4v) is 1.75. The largest absolute Gasteiger partial charge is 0.399 e. The summed E-state index contributed by atoms with van der Waals surface area (Å²) in [6.07, 6.45) is 0.247. The van der Waals surface area contributed by atoms with Crippen molar-refractivity contribution < 1.29 is 9.90 Å². The Balaban J connectivity index is 1.97. The number of β-amino-alcohol motifs (C(OH)–C–C–N with tert-alkyl or cyclic N) is 1. The number of nitrogens with two attached hydrogens (primary N) is 1. The van der Waals surface area contributed by atoms with Gasteiger partial charge in [0.2, 0.25) is 0 Å². The third-order valence-electron chi connectivity index (χ3n) is 2.59. The first kappa shape index (κ1) is 10.8. The SMILES string of the molecule is Nc1cccc(NC(=O)N2CCC(O)C2)c1. The molecular weight excluding hydrogens is 206 g/mol. The summed E-state index contributed by atoms with van der Waals surface area (Å²) in [7, 11) is 0. The molecule has 1 unspecified atom stereocenters. The first-order valence-corrected chi connectivity index (χ1v) is 5.24. The van der Waals surface area contributed by atoms with E-state index in [-0.39, 0.29) is 6.03 Å². The van der Waals surface area contributed by atoms with Crippen molar-refractivity contribution in [2.75, 3.05) is 24.1 Å². The monoisotopic (exact) mass is 221 g/mol. The second-order valence-electron chi connectivity index (χ2n) is 3.94. The van der Waals surface area contributed by atoms with E-state index in [1.165, 1.54) is 0 Å². The second-order valence-corrected chi connectivity index (χ2v) is 3.94. The van der Waals surface area contributed by atoms with Gasteiger partial charge in [0.05, 0.1) is 6.10 Å². The van der Waals surface area contributed by atoms with Gasteiger partial charge in [0, 0.05) is 24.5 Å². The second kappa shape index (κ2) is 4.40. The molecule has 86 valence electrons. The number of aliphatic hydroxyl groups excluding tert-OH is 1. The van der Waals surface area contributed by atoms with Crippen molar-refractivity contribution in [1.29, 1.82) is 0 Å². The molecule has 5 heteroatoms. The van der Waals surface area contributed by atoms with Gasteiger partial charge in [-0.1, -0.05) is 6.07 Å². The third kappa shape index (κ3) is 2.43. The number of hydrogen-bond acceptors (Lipinski definition) is 3. The van der Waals surface area contributed by atoms with Gasteiger partial charge in [0.25, 0.3) is 0 Å². The van der Waals surface area contributed by atoms with Crippen molar-refractivity contribution in [1.82, 2.24) is 4.90 Å². The van der Waals surface area contributed by atoms with E-state index in [2.05, 4.69) is 5.32 Å². The van der Waals surface area contributed by atoms with Crippen LogP contribution in [0.4, 0.5) is 16.2 Å². The highest BCUT2D eigenvalue weighted by Gasteiger charge is 2.24. The van der Waals surface area contributed by atoms with Crippen LogP contribution < -0.4 is 11.1 Å². The zero-order valence-corrected chi connectivity index (χ0v) is 8.89. The Labute approximate surface area is 93.9 Å². The Morgan fingerprint density at radius 3 is 3.00 bits per heavy atom. The fourth-order valence-electron chi connectivity index (χ4n) is 1.75. The highest BCUT2D eigenvalue weighted by molar-refractivity contribution is 5.90. The molecule has 1 atom stereocenters. The molecule has 0 spiro atoms. The summed E-state index contributed by atoms with van der Waals surface area (Å²) >= 11 is 0. The number of benzene rings is 1. The molecule has 0 aliphatic carbocycles. The molecule has 1 aliphatic heterocycles. The Morgan fingerprint density at radius 1 is 1.56 bits per heavy atom. The van der Waals surface area contributed by atoms with E-state index in [1.807, 2.05) is 0 Å². The predicted molar refractivity (Wildman–Crippen MR) is 62.1 cm³/mol. The molecular formula is C11H15N3O2. The van der Waals surface area contributed by atoms with Gasteiger partial charge in [-0.05, 0) is 24.6 Å². The highest BCUT2D eigenvalue weighted by Crippen LogP contribution is 2.14. The van der Waals surface area contributed by atoms with E-state index in [0.29, 0.717) is 30.9 Å². The van der Waals surface area contributed by atoms with Gasteiger partial charge >= 0.3 is 6.03 Å². The zero-order valence-electron chi connectivity index (χ0n) is 8.89. The van der Waals surface area contributed by atoms with Gasteiger partial charge in [-0.15, -0.1) is 0 Å². The van der Waals surface area contributed by atoms with Crippen molar-refractivity contribution in [3.63, 3.8) is 0 Å². The van der Waals surface area contributed by atoms with E-state index >= 15 is 0 Å². The van der Waals surface area contributed by atoms with Crippen LogP contribution in [0.25, 0.3) is 0 Å². The Kier molecular flexibility index (Phi) is 2.96. The number of hydrogen-bond donors (Lipinski definition) is 3. The number of urea groups is 1. The van der Waals surface area contributed by atoms with E-state index in [0.717, 1.165) is 0 Å². The molecule has 0 radical (unpaired) electrons. The molecule has 4 N–H and O–H groups in total. The number of anilines is 2. The van der Waals surface area contributed by atoms with E-state index in [4.69, 9.17) is 5.73 Å². The zero-order chi connectivity index (χ0) is 11.5. The van der Waals surface area contributed by atoms with Gasteiger partial charge in [-0.25, -0.2) is 4.79 Å². The van der Waals surface area contributed by atoms with Crippen molar-refractivity contribution in [2.45, 2.75) is 12.5 Å². The lowest BCUT2D eigenvalue weighted by molar-refractivity contribution is 0.176. The summed E-state index contributed by atoms with van der Waals surface area (Å²) in [5.74, 6) is 0. The minimum atomic E-state index is -0.397. The van der Waals surface area contributed by atoms with Gasteiger partial charge in [0.1, 0.15) is 0 Å². The number of nitrogens with zero attached hydrogens (tertiary/aromatic N) is 1. The van der Waals surface area contributed by atoms with Crippen molar-refractivity contribution in [3.8, 4) is 0 Å². The number of amides is 2. The van der Waals surface area contributed by atoms with Crippen LogP contribution in [0.1, 0.15) is 6.42 Å². The summed E-state index contributed by atoms with van der Waals surface area (Å²) in [6, 6.07) is 6.83. The number of nitrogens with one attached hydrogen (secondary N) is 1. The van der Waals surface area contributed by atoms with E-state index in [9.17, 15) is 9.90 Å².